The topological polar surface area (TPSA) is 46.5 Å². The Morgan fingerprint density at radius 1 is 1.14 bits per heavy atom. The Morgan fingerprint density at radius 3 is 2.52 bits per heavy atom. The number of hydrogen-bond donors (Lipinski definition) is 1. The van der Waals surface area contributed by atoms with Crippen molar-refractivity contribution in [2.75, 3.05) is 7.11 Å². The van der Waals surface area contributed by atoms with Gasteiger partial charge in [0.2, 0.25) is 0 Å². The second kappa shape index (κ2) is 6.66. The summed E-state index contributed by atoms with van der Waals surface area (Å²) in [6.45, 7) is 0. The molecule has 0 radical (unpaired) electrons. The van der Waals surface area contributed by atoms with Gasteiger partial charge in [0.15, 0.2) is 0 Å². The van der Waals surface area contributed by atoms with Crippen LogP contribution in [0.2, 0.25) is 10.0 Å². The molecule has 0 amide bonds. The molecule has 21 heavy (non-hydrogen) atoms. The Kier molecular flexibility index (Phi) is 4.89. The largest absolute Gasteiger partial charge is 0.496 e. The van der Waals surface area contributed by atoms with Crippen LogP contribution in [0.15, 0.2) is 42.5 Å². The molecule has 2 aromatic carbocycles. The number of carbonyl (C=O) groups is 1. The Bertz CT molecular complexity index is 708. The summed E-state index contributed by atoms with van der Waals surface area (Å²) in [5.41, 5.74) is 1.09. The van der Waals surface area contributed by atoms with Crippen molar-refractivity contribution >= 4 is 40.8 Å². The van der Waals surface area contributed by atoms with Crippen molar-refractivity contribution < 1.29 is 14.6 Å². The van der Waals surface area contributed by atoms with E-state index < -0.39 is 5.97 Å². The zero-order valence-corrected chi connectivity index (χ0v) is 12.7. The SMILES string of the molecule is COc1ccccc1/C(=C/c1cccc(Cl)c1Cl)C(=O)O. The lowest BCUT2D eigenvalue weighted by Gasteiger charge is -2.09. The fraction of sp³-hybridized carbons (Fsp3) is 0.0625. The molecular formula is C16H12Cl2O3. The van der Waals surface area contributed by atoms with Crippen molar-refractivity contribution in [2.45, 2.75) is 0 Å². The van der Waals surface area contributed by atoms with Crippen LogP contribution in [-0.4, -0.2) is 18.2 Å². The molecule has 0 heterocycles. The number of ether oxygens (including phenoxy) is 1. The molecule has 0 spiro atoms. The highest BCUT2D eigenvalue weighted by molar-refractivity contribution is 6.43. The second-order valence-corrected chi connectivity index (χ2v) is 4.99. The van der Waals surface area contributed by atoms with E-state index in [0.717, 1.165) is 0 Å². The van der Waals surface area contributed by atoms with Gasteiger partial charge in [-0.05, 0) is 23.8 Å². The molecule has 0 bridgehead atoms. The minimum Gasteiger partial charge on any atom is -0.496 e. The zero-order valence-electron chi connectivity index (χ0n) is 11.1. The first-order valence-electron chi connectivity index (χ1n) is 6.07. The van der Waals surface area contributed by atoms with Gasteiger partial charge in [0, 0.05) is 5.56 Å². The van der Waals surface area contributed by atoms with Gasteiger partial charge in [0.1, 0.15) is 5.75 Å². The maximum atomic E-state index is 11.6. The molecule has 0 aliphatic carbocycles. The molecule has 2 rings (SSSR count). The van der Waals surface area contributed by atoms with E-state index in [-0.39, 0.29) is 5.57 Å². The Hall–Kier alpha value is -1.97. The first kappa shape index (κ1) is 15.4. The Morgan fingerprint density at radius 2 is 1.86 bits per heavy atom. The van der Waals surface area contributed by atoms with Gasteiger partial charge < -0.3 is 9.84 Å². The van der Waals surface area contributed by atoms with Crippen molar-refractivity contribution in [3.8, 4) is 5.75 Å². The van der Waals surface area contributed by atoms with Crippen molar-refractivity contribution in [3.05, 3.63) is 63.6 Å². The van der Waals surface area contributed by atoms with Gasteiger partial charge >= 0.3 is 5.97 Å². The van der Waals surface area contributed by atoms with Crippen LogP contribution >= 0.6 is 23.2 Å². The summed E-state index contributed by atoms with van der Waals surface area (Å²) in [7, 11) is 1.49. The van der Waals surface area contributed by atoms with E-state index in [1.54, 1.807) is 42.5 Å². The predicted molar refractivity (Wildman–Crippen MR) is 85.0 cm³/mol. The smallest absolute Gasteiger partial charge is 0.336 e. The highest BCUT2D eigenvalue weighted by Gasteiger charge is 2.16. The number of methoxy groups -OCH3 is 1. The highest BCUT2D eigenvalue weighted by atomic mass is 35.5. The van der Waals surface area contributed by atoms with E-state index in [9.17, 15) is 9.90 Å². The predicted octanol–water partition coefficient (Wildman–Crippen LogP) is 4.63. The standard InChI is InChI=1S/C16H12Cl2O3/c1-21-14-8-3-2-6-11(14)12(16(19)20)9-10-5-4-7-13(17)15(10)18/h2-9H,1H3,(H,19,20)/b12-9-. The molecular weight excluding hydrogens is 311 g/mol. The van der Waals surface area contributed by atoms with E-state index in [4.69, 9.17) is 27.9 Å². The number of rotatable bonds is 4. The number of carboxylic acids is 1. The molecule has 0 aliphatic heterocycles. The fourth-order valence-electron chi connectivity index (χ4n) is 1.91. The molecule has 0 saturated heterocycles. The maximum absolute atomic E-state index is 11.6. The van der Waals surface area contributed by atoms with E-state index in [1.807, 2.05) is 0 Å². The third-order valence-corrected chi connectivity index (χ3v) is 3.74. The number of hydrogen-bond acceptors (Lipinski definition) is 2. The lowest BCUT2D eigenvalue weighted by molar-refractivity contribution is -0.130. The second-order valence-electron chi connectivity index (χ2n) is 4.21. The number of carboxylic acid groups (broad SMARTS) is 1. The molecule has 108 valence electrons. The minimum absolute atomic E-state index is 0.0802. The summed E-state index contributed by atoms with van der Waals surface area (Å²) >= 11 is 12.1. The molecule has 3 nitrogen and oxygen atoms in total. The fourth-order valence-corrected chi connectivity index (χ4v) is 2.27. The number of aliphatic carboxylic acids is 1. The summed E-state index contributed by atoms with van der Waals surface area (Å²) in [4.78, 5) is 11.6. The van der Waals surface area contributed by atoms with Crippen molar-refractivity contribution in [3.63, 3.8) is 0 Å². The van der Waals surface area contributed by atoms with Gasteiger partial charge in [-0.3, -0.25) is 0 Å². The van der Waals surface area contributed by atoms with E-state index in [1.165, 1.54) is 13.2 Å². The molecule has 0 atom stereocenters. The van der Waals surface area contributed by atoms with Gasteiger partial charge in [0.05, 0.1) is 22.7 Å². The van der Waals surface area contributed by atoms with E-state index in [0.29, 0.717) is 26.9 Å². The van der Waals surface area contributed by atoms with E-state index >= 15 is 0 Å². The molecule has 0 aromatic heterocycles. The number of para-hydroxylation sites is 1. The molecule has 0 fully saturated rings. The van der Waals surface area contributed by atoms with Crippen LogP contribution in [0.4, 0.5) is 0 Å². The summed E-state index contributed by atoms with van der Waals surface area (Å²) in [6.07, 6.45) is 1.48. The summed E-state index contributed by atoms with van der Waals surface area (Å²) in [5.74, 6) is -0.597. The average Bonchev–Trinajstić information content (AvgIpc) is 2.48. The minimum atomic E-state index is -1.07. The summed E-state index contributed by atoms with van der Waals surface area (Å²) in [5, 5.41) is 10.2. The summed E-state index contributed by atoms with van der Waals surface area (Å²) < 4.78 is 5.20. The quantitative estimate of drug-likeness (QED) is 0.659. The van der Waals surface area contributed by atoms with Crippen LogP contribution in [0.1, 0.15) is 11.1 Å². The van der Waals surface area contributed by atoms with E-state index in [2.05, 4.69) is 0 Å². The Labute approximate surface area is 132 Å². The molecule has 2 aromatic rings. The highest BCUT2D eigenvalue weighted by Crippen LogP contribution is 2.32. The molecule has 5 heteroatoms. The van der Waals surface area contributed by atoms with Crippen LogP contribution in [-0.2, 0) is 4.79 Å². The van der Waals surface area contributed by atoms with Gasteiger partial charge in [-0.15, -0.1) is 0 Å². The maximum Gasteiger partial charge on any atom is 0.336 e. The van der Waals surface area contributed by atoms with Crippen LogP contribution in [0.5, 0.6) is 5.75 Å². The first-order valence-corrected chi connectivity index (χ1v) is 6.82. The monoisotopic (exact) mass is 322 g/mol. The normalized spacial score (nSPS) is 11.3. The Balaban J connectivity index is 2.61. The lowest BCUT2D eigenvalue weighted by atomic mass is 10.0. The van der Waals surface area contributed by atoms with Gasteiger partial charge in [-0.1, -0.05) is 53.5 Å². The molecule has 0 unspecified atom stereocenters. The molecule has 0 aliphatic rings. The van der Waals surface area contributed by atoms with Crippen molar-refractivity contribution in [1.29, 1.82) is 0 Å². The zero-order chi connectivity index (χ0) is 15.4. The third-order valence-electron chi connectivity index (χ3n) is 2.91. The molecule has 0 saturated carbocycles. The summed E-state index contributed by atoms with van der Waals surface area (Å²) in [6, 6.07) is 11.9. The number of benzene rings is 2. The number of halogens is 2. The molecule has 1 N–H and O–H groups in total. The van der Waals surface area contributed by atoms with Gasteiger partial charge in [0.25, 0.3) is 0 Å². The first-order chi connectivity index (χ1) is 10.0. The average molecular weight is 323 g/mol. The van der Waals surface area contributed by atoms with Crippen LogP contribution < -0.4 is 4.74 Å². The van der Waals surface area contributed by atoms with Crippen LogP contribution in [0, 0.1) is 0 Å². The van der Waals surface area contributed by atoms with Crippen LogP contribution in [0.25, 0.3) is 11.6 Å². The third kappa shape index (κ3) is 3.38. The van der Waals surface area contributed by atoms with Crippen molar-refractivity contribution in [2.24, 2.45) is 0 Å². The van der Waals surface area contributed by atoms with Gasteiger partial charge in [-0.2, -0.15) is 0 Å². The van der Waals surface area contributed by atoms with Crippen molar-refractivity contribution in [1.82, 2.24) is 0 Å². The lowest BCUT2D eigenvalue weighted by Crippen LogP contribution is -2.02. The van der Waals surface area contributed by atoms with Crippen LogP contribution in [0.3, 0.4) is 0 Å². The van der Waals surface area contributed by atoms with Gasteiger partial charge in [-0.25, -0.2) is 4.79 Å².